The van der Waals surface area contributed by atoms with Gasteiger partial charge in [0.2, 0.25) is 5.91 Å². The van der Waals surface area contributed by atoms with Crippen molar-refractivity contribution in [2.24, 2.45) is 0 Å². The number of esters is 1. The smallest absolute Gasteiger partial charge is 0.339 e. The summed E-state index contributed by atoms with van der Waals surface area (Å²) in [6.07, 6.45) is 2.54. The largest absolute Gasteiger partial charge is 0.465 e. The topological polar surface area (TPSA) is 67.4 Å². The van der Waals surface area contributed by atoms with E-state index in [1.54, 1.807) is 12.1 Å². The number of carbonyl (C=O) groups is 2. The molecule has 1 aliphatic heterocycles. The molecule has 1 atom stereocenters. The molecule has 2 N–H and O–H groups in total. The molecule has 1 amide bonds. The Morgan fingerprint density at radius 1 is 1.50 bits per heavy atom. The van der Waals surface area contributed by atoms with Crippen LogP contribution in [0.4, 0.5) is 5.69 Å². The Morgan fingerprint density at radius 3 is 2.95 bits per heavy atom. The van der Waals surface area contributed by atoms with Gasteiger partial charge < -0.3 is 15.4 Å². The first-order valence-corrected chi connectivity index (χ1v) is 6.89. The van der Waals surface area contributed by atoms with Gasteiger partial charge in [-0.3, -0.25) is 4.79 Å². The molecule has 1 fully saturated rings. The van der Waals surface area contributed by atoms with E-state index in [1.807, 2.05) is 0 Å². The van der Waals surface area contributed by atoms with Crippen LogP contribution in [0, 0.1) is 0 Å². The summed E-state index contributed by atoms with van der Waals surface area (Å²) in [4.78, 5) is 23.4. The van der Waals surface area contributed by atoms with Crippen molar-refractivity contribution in [2.75, 3.05) is 19.0 Å². The highest BCUT2D eigenvalue weighted by Gasteiger charge is 2.18. The third-order valence-corrected chi connectivity index (χ3v) is 3.58. The molecule has 0 radical (unpaired) electrons. The Labute approximate surface area is 122 Å². The maximum absolute atomic E-state index is 11.9. The van der Waals surface area contributed by atoms with Crippen molar-refractivity contribution >= 4 is 29.2 Å². The van der Waals surface area contributed by atoms with Gasteiger partial charge in [0.1, 0.15) is 0 Å². The van der Waals surface area contributed by atoms with Gasteiger partial charge in [-0.1, -0.05) is 11.6 Å². The van der Waals surface area contributed by atoms with Gasteiger partial charge >= 0.3 is 5.97 Å². The number of ether oxygens (including phenoxy) is 1. The van der Waals surface area contributed by atoms with Crippen molar-refractivity contribution in [2.45, 2.75) is 25.3 Å². The first-order valence-electron chi connectivity index (χ1n) is 6.51. The fraction of sp³-hybridized carbons (Fsp3) is 0.429. The van der Waals surface area contributed by atoms with E-state index in [2.05, 4.69) is 15.4 Å². The predicted molar refractivity (Wildman–Crippen MR) is 77.1 cm³/mol. The maximum atomic E-state index is 11.9. The Kier molecular flexibility index (Phi) is 4.98. The van der Waals surface area contributed by atoms with Crippen molar-refractivity contribution in [3.63, 3.8) is 0 Å². The van der Waals surface area contributed by atoms with Crippen molar-refractivity contribution in [1.29, 1.82) is 0 Å². The highest BCUT2D eigenvalue weighted by molar-refractivity contribution is 6.33. The number of hydrogen-bond donors (Lipinski definition) is 2. The Hall–Kier alpha value is -1.59. The van der Waals surface area contributed by atoms with Gasteiger partial charge in [0.25, 0.3) is 0 Å². The highest BCUT2D eigenvalue weighted by Crippen LogP contribution is 2.21. The lowest BCUT2D eigenvalue weighted by molar-refractivity contribution is -0.116. The molecular weight excluding hydrogens is 280 g/mol. The highest BCUT2D eigenvalue weighted by atomic mass is 35.5. The summed E-state index contributed by atoms with van der Waals surface area (Å²) in [7, 11) is 1.29. The SMILES string of the molecule is COC(=O)c1cc(NC(=O)CC2CCCN2)ccc1Cl. The van der Waals surface area contributed by atoms with Crippen molar-refractivity contribution in [3.8, 4) is 0 Å². The molecule has 0 aromatic heterocycles. The molecule has 0 bridgehead atoms. The second kappa shape index (κ2) is 6.72. The van der Waals surface area contributed by atoms with Crippen LogP contribution in [-0.2, 0) is 9.53 Å². The lowest BCUT2D eigenvalue weighted by Gasteiger charge is -2.11. The van der Waals surface area contributed by atoms with E-state index >= 15 is 0 Å². The van der Waals surface area contributed by atoms with Gasteiger partial charge in [0, 0.05) is 18.2 Å². The van der Waals surface area contributed by atoms with Gasteiger partial charge in [-0.15, -0.1) is 0 Å². The molecule has 2 rings (SSSR count). The molecule has 1 aromatic carbocycles. The third-order valence-electron chi connectivity index (χ3n) is 3.25. The monoisotopic (exact) mass is 296 g/mol. The van der Waals surface area contributed by atoms with E-state index in [0.29, 0.717) is 17.1 Å². The number of hydrogen-bond acceptors (Lipinski definition) is 4. The number of benzene rings is 1. The maximum Gasteiger partial charge on any atom is 0.339 e. The van der Waals surface area contributed by atoms with Crippen LogP contribution in [-0.4, -0.2) is 31.6 Å². The average Bonchev–Trinajstić information content (AvgIpc) is 2.92. The number of anilines is 1. The van der Waals surface area contributed by atoms with Crippen LogP contribution in [0.3, 0.4) is 0 Å². The third kappa shape index (κ3) is 3.71. The number of nitrogens with one attached hydrogen (secondary N) is 2. The zero-order chi connectivity index (χ0) is 14.5. The van der Waals surface area contributed by atoms with Crippen LogP contribution in [0.15, 0.2) is 18.2 Å². The van der Waals surface area contributed by atoms with Crippen LogP contribution in [0.5, 0.6) is 0 Å². The van der Waals surface area contributed by atoms with Gasteiger partial charge in [-0.2, -0.15) is 0 Å². The molecule has 1 saturated heterocycles. The minimum Gasteiger partial charge on any atom is -0.465 e. The second-order valence-corrected chi connectivity index (χ2v) is 5.14. The lowest BCUT2D eigenvalue weighted by Crippen LogP contribution is -2.27. The zero-order valence-corrected chi connectivity index (χ0v) is 12.0. The summed E-state index contributed by atoms with van der Waals surface area (Å²) in [6.45, 7) is 0.964. The normalized spacial score (nSPS) is 17.8. The molecule has 1 aliphatic rings. The standard InChI is InChI=1S/C14H17ClN2O3/c1-20-14(19)11-7-10(4-5-12(11)15)17-13(18)8-9-3-2-6-16-9/h4-5,7,9,16H,2-3,6,8H2,1H3,(H,17,18). The van der Waals surface area contributed by atoms with E-state index < -0.39 is 5.97 Å². The van der Waals surface area contributed by atoms with Crippen LogP contribution >= 0.6 is 11.6 Å². The van der Waals surface area contributed by atoms with E-state index in [1.165, 1.54) is 13.2 Å². The first kappa shape index (κ1) is 14.8. The number of rotatable bonds is 4. The predicted octanol–water partition coefficient (Wildman–Crippen LogP) is 2.21. The van der Waals surface area contributed by atoms with Crippen LogP contribution in [0.2, 0.25) is 5.02 Å². The van der Waals surface area contributed by atoms with E-state index in [9.17, 15) is 9.59 Å². The van der Waals surface area contributed by atoms with Crippen molar-refractivity contribution in [1.82, 2.24) is 5.32 Å². The minimum atomic E-state index is -0.524. The quantitative estimate of drug-likeness (QED) is 0.836. The number of carbonyl (C=O) groups excluding carboxylic acids is 2. The number of methoxy groups -OCH3 is 1. The number of amides is 1. The molecule has 1 aromatic rings. The van der Waals surface area contributed by atoms with E-state index in [-0.39, 0.29) is 17.5 Å². The van der Waals surface area contributed by atoms with E-state index in [0.717, 1.165) is 19.4 Å². The summed E-state index contributed by atoms with van der Waals surface area (Å²) < 4.78 is 4.64. The first-order chi connectivity index (χ1) is 9.60. The lowest BCUT2D eigenvalue weighted by atomic mass is 10.1. The molecule has 0 saturated carbocycles. The Morgan fingerprint density at radius 2 is 2.30 bits per heavy atom. The minimum absolute atomic E-state index is 0.0810. The van der Waals surface area contributed by atoms with Crippen LogP contribution in [0.1, 0.15) is 29.6 Å². The van der Waals surface area contributed by atoms with Gasteiger partial charge in [-0.05, 0) is 37.6 Å². The second-order valence-electron chi connectivity index (χ2n) is 4.73. The molecule has 108 valence electrons. The van der Waals surface area contributed by atoms with Gasteiger partial charge in [-0.25, -0.2) is 4.79 Å². The van der Waals surface area contributed by atoms with Crippen molar-refractivity contribution < 1.29 is 14.3 Å². The molecule has 6 heteroatoms. The summed E-state index contributed by atoms with van der Waals surface area (Å²) >= 11 is 5.92. The van der Waals surface area contributed by atoms with Gasteiger partial charge in [0.15, 0.2) is 0 Å². The molecule has 1 heterocycles. The Bertz CT molecular complexity index is 513. The summed E-state index contributed by atoms with van der Waals surface area (Å²) in [5.74, 6) is -0.605. The summed E-state index contributed by atoms with van der Waals surface area (Å²) in [6, 6.07) is 4.99. The molecule has 5 nitrogen and oxygen atoms in total. The molecule has 0 spiro atoms. The van der Waals surface area contributed by atoms with Gasteiger partial charge in [0.05, 0.1) is 17.7 Å². The molecule has 1 unspecified atom stereocenters. The molecular formula is C14H17ClN2O3. The van der Waals surface area contributed by atoms with Crippen molar-refractivity contribution in [3.05, 3.63) is 28.8 Å². The summed E-state index contributed by atoms with van der Waals surface area (Å²) in [5, 5.41) is 6.33. The Balaban J connectivity index is 2.01. The molecule has 20 heavy (non-hydrogen) atoms. The number of halogens is 1. The van der Waals surface area contributed by atoms with Crippen LogP contribution in [0.25, 0.3) is 0 Å². The zero-order valence-electron chi connectivity index (χ0n) is 11.2. The fourth-order valence-corrected chi connectivity index (χ4v) is 2.43. The van der Waals surface area contributed by atoms with E-state index in [4.69, 9.17) is 11.6 Å². The summed E-state index contributed by atoms with van der Waals surface area (Å²) in [5.41, 5.74) is 0.781. The molecule has 0 aliphatic carbocycles. The average molecular weight is 297 g/mol. The fourth-order valence-electron chi connectivity index (χ4n) is 2.24. The van der Waals surface area contributed by atoms with Crippen LogP contribution < -0.4 is 10.6 Å².